The van der Waals surface area contributed by atoms with Gasteiger partial charge in [-0.3, -0.25) is 14.4 Å². The zero-order valence-corrected chi connectivity index (χ0v) is 24.7. The van der Waals surface area contributed by atoms with Crippen LogP contribution in [0.2, 0.25) is 0 Å². The van der Waals surface area contributed by atoms with Gasteiger partial charge in [0.15, 0.2) is 0 Å². The van der Waals surface area contributed by atoms with E-state index < -0.39 is 10.0 Å². The maximum absolute atomic E-state index is 13.4. The van der Waals surface area contributed by atoms with E-state index in [1.165, 1.54) is 11.6 Å². The first-order valence-electron chi connectivity index (χ1n) is 14.3. The summed E-state index contributed by atoms with van der Waals surface area (Å²) < 4.78 is 29.1. The Bertz CT molecular complexity index is 1660. The van der Waals surface area contributed by atoms with Crippen LogP contribution in [0.5, 0.6) is 0 Å². The third kappa shape index (κ3) is 6.73. The number of sulfonamides is 1. The van der Waals surface area contributed by atoms with Gasteiger partial charge in [-0.2, -0.15) is 0 Å². The molecule has 4 aromatic rings. The number of anilines is 3. The van der Waals surface area contributed by atoms with Crippen molar-refractivity contribution in [3.05, 3.63) is 120 Å². The number of rotatable bonds is 12. The topological polar surface area (TPSA) is 90.5 Å². The first-order valence-corrected chi connectivity index (χ1v) is 15.8. The van der Waals surface area contributed by atoms with Crippen LogP contribution in [0.1, 0.15) is 43.4 Å². The molecule has 0 spiro atoms. The lowest BCUT2D eigenvalue weighted by Gasteiger charge is -2.21. The van der Waals surface area contributed by atoms with Gasteiger partial charge in [0.05, 0.1) is 16.2 Å². The number of carbonyl (C=O) groups is 1. The monoisotopic (exact) mass is 580 g/mol. The molecule has 0 fully saturated rings. The predicted octanol–water partition coefficient (Wildman–Crippen LogP) is 7.04. The highest BCUT2D eigenvalue weighted by Crippen LogP contribution is 2.39. The minimum atomic E-state index is -3.88. The van der Waals surface area contributed by atoms with Crippen LogP contribution >= 0.6 is 0 Å². The number of fused-ring (bicyclic) bond motifs is 1. The summed E-state index contributed by atoms with van der Waals surface area (Å²) in [7, 11) is -3.88. The fraction of sp³-hybridized carbons (Fsp3) is 0.206. The minimum Gasteiger partial charge on any atom is -0.354 e. The zero-order chi connectivity index (χ0) is 29.5. The van der Waals surface area contributed by atoms with Crippen LogP contribution < -0.4 is 15.4 Å². The van der Waals surface area contributed by atoms with Crippen LogP contribution in [0.3, 0.4) is 0 Å². The van der Waals surface area contributed by atoms with Gasteiger partial charge in [-0.25, -0.2) is 8.42 Å². The average Bonchev–Trinajstić information content (AvgIpc) is 3.32. The fourth-order valence-electron chi connectivity index (χ4n) is 5.16. The molecule has 0 unspecified atom stereocenters. The van der Waals surface area contributed by atoms with Gasteiger partial charge in [0.25, 0.3) is 15.9 Å². The van der Waals surface area contributed by atoms with E-state index in [4.69, 9.17) is 0 Å². The molecule has 4 aromatic carbocycles. The van der Waals surface area contributed by atoms with E-state index >= 15 is 0 Å². The van der Waals surface area contributed by atoms with Crippen molar-refractivity contribution in [1.29, 1.82) is 0 Å². The molecule has 0 bridgehead atoms. The number of nitrogens with one attached hydrogen (secondary N) is 3. The molecule has 0 saturated carbocycles. The quantitative estimate of drug-likeness (QED) is 0.156. The van der Waals surface area contributed by atoms with Crippen molar-refractivity contribution in [3.8, 4) is 0 Å². The largest absolute Gasteiger partial charge is 0.354 e. The summed E-state index contributed by atoms with van der Waals surface area (Å²) in [6.07, 6.45) is 2.23. The molecular formula is C34H36N4O3S. The third-order valence-electron chi connectivity index (χ3n) is 7.09. The van der Waals surface area contributed by atoms with Gasteiger partial charge in [-0.15, -0.1) is 0 Å². The molecule has 5 rings (SSSR count). The lowest BCUT2D eigenvalue weighted by Crippen LogP contribution is -2.24. The standard InChI is InChI=1S/C34H36N4O3S/c1-3-21-38(22-4-2)24-25-15-17-27(18-16-25)35-33(26-11-7-5-8-12-26)32-30-23-29(19-20-31(30)36-34(32)39)42(40,41)37-28-13-9-6-10-14-28/h5-20,23,35,37H,3-4,21-22,24H2,1-2H3,(H,36,39)/b33-32-. The summed E-state index contributed by atoms with van der Waals surface area (Å²) in [6.45, 7) is 7.41. The smallest absolute Gasteiger partial charge is 0.261 e. The molecule has 1 amide bonds. The highest BCUT2D eigenvalue weighted by Gasteiger charge is 2.30. The number of hydrogen-bond acceptors (Lipinski definition) is 5. The van der Waals surface area contributed by atoms with Crippen LogP contribution in [0.15, 0.2) is 108 Å². The van der Waals surface area contributed by atoms with E-state index in [0.29, 0.717) is 28.2 Å². The van der Waals surface area contributed by atoms with E-state index in [-0.39, 0.29) is 10.8 Å². The van der Waals surface area contributed by atoms with Gasteiger partial charge in [0.2, 0.25) is 0 Å². The molecule has 0 aromatic heterocycles. The van der Waals surface area contributed by atoms with Crippen molar-refractivity contribution in [2.45, 2.75) is 38.1 Å². The van der Waals surface area contributed by atoms with E-state index in [0.717, 1.165) is 43.7 Å². The number of hydrogen-bond donors (Lipinski definition) is 3. The van der Waals surface area contributed by atoms with Crippen LogP contribution in [-0.2, 0) is 21.4 Å². The summed E-state index contributed by atoms with van der Waals surface area (Å²) in [6, 6.07) is 31.3. The Balaban J connectivity index is 1.51. The fourth-order valence-corrected chi connectivity index (χ4v) is 6.25. The maximum Gasteiger partial charge on any atom is 0.261 e. The van der Waals surface area contributed by atoms with Gasteiger partial charge >= 0.3 is 0 Å². The molecule has 216 valence electrons. The SMILES string of the molecule is CCCN(CCC)Cc1ccc(N/C(=C2\C(=O)Nc3ccc(S(=O)(=O)Nc4ccccc4)cc32)c2ccccc2)cc1. The second kappa shape index (κ2) is 13.1. The molecule has 8 heteroatoms. The van der Waals surface area contributed by atoms with Gasteiger partial charge in [-0.05, 0) is 79.5 Å². The highest BCUT2D eigenvalue weighted by molar-refractivity contribution is 7.92. The predicted molar refractivity (Wildman–Crippen MR) is 172 cm³/mol. The molecule has 0 radical (unpaired) electrons. The molecule has 7 nitrogen and oxygen atoms in total. The summed E-state index contributed by atoms with van der Waals surface area (Å²) in [5.74, 6) is -0.298. The maximum atomic E-state index is 13.4. The molecule has 1 heterocycles. The van der Waals surface area contributed by atoms with Gasteiger partial charge in [0, 0.05) is 29.2 Å². The number of amides is 1. The Morgan fingerprint density at radius 2 is 1.43 bits per heavy atom. The summed E-state index contributed by atoms with van der Waals surface area (Å²) in [5.41, 5.74) is 5.40. The van der Waals surface area contributed by atoms with Gasteiger partial charge in [-0.1, -0.05) is 74.5 Å². The minimum absolute atomic E-state index is 0.0691. The van der Waals surface area contributed by atoms with E-state index in [9.17, 15) is 13.2 Å². The van der Waals surface area contributed by atoms with Crippen LogP contribution in [0, 0.1) is 0 Å². The van der Waals surface area contributed by atoms with Crippen molar-refractivity contribution in [3.63, 3.8) is 0 Å². The summed E-state index contributed by atoms with van der Waals surface area (Å²) >= 11 is 0. The first-order chi connectivity index (χ1) is 20.4. The number of para-hydroxylation sites is 1. The van der Waals surface area contributed by atoms with Crippen molar-refractivity contribution in [2.75, 3.05) is 28.4 Å². The van der Waals surface area contributed by atoms with Crippen molar-refractivity contribution in [2.24, 2.45) is 0 Å². The van der Waals surface area contributed by atoms with E-state index in [1.54, 1.807) is 36.4 Å². The summed E-state index contributed by atoms with van der Waals surface area (Å²) in [5, 5.41) is 6.39. The molecule has 1 aliphatic rings. The summed E-state index contributed by atoms with van der Waals surface area (Å²) in [4.78, 5) is 15.9. The molecular weight excluding hydrogens is 544 g/mol. The number of carbonyl (C=O) groups excluding carboxylic acids is 1. The Labute approximate surface area is 248 Å². The normalized spacial score (nSPS) is 13.9. The Hall–Kier alpha value is -4.40. The van der Waals surface area contributed by atoms with Gasteiger partial charge < -0.3 is 10.6 Å². The molecule has 3 N–H and O–H groups in total. The Kier molecular flexibility index (Phi) is 9.05. The van der Waals surface area contributed by atoms with Crippen molar-refractivity contribution >= 4 is 44.3 Å². The number of nitrogens with zero attached hydrogens (tertiary/aromatic N) is 1. The molecule has 0 atom stereocenters. The van der Waals surface area contributed by atoms with E-state index in [2.05, 4.69) is 46.2 Å². The van der Waals surface area contributed by atoms with Crippen molar-refractivity contribution < 1.29 is 13.2 Å². The zero-order valence-electron chi connectivity index (χ0n) is 23.9. The van der Waals surface area contributed by atoms with Crippen molar-refractivity contribution in [1.82, 2.24) is 4.90 Å². The number of benzene rings is 4. The average molecular weight is 581 g/mol. The van der Waals surface area contributed by atoms with Crippen LogP contribution in [-0.4, -0.2) is 32.3 Å². The Morgan fingerprint density at radius 1 is 0.786 bits per heavy atom. The second-order valence-electron chi connectivity index (χ2n) is 10.3. The van der Waals surface area contributed by atoms with Gasteiger partial charge in [0.1, 0.15) is 0 Å². The van der Waals surface area contributed by atoms with Crippen LogP contribution in [0.25, 0.3) is 11.3 Å². The second-order valence-corrected chi connectivity index (χ2v) is 12.0. The first kappa shape index (κ1) is 29.1. The third-order valence-corrected chi connectivity index (χ3v) is 8.47. The molecule has 0 saturated heterocycles. The Morgan fingerprint density at radius 3 is 2.07 bits per heavy atom. The molecule has 42 heavy (non-hydrogen) atoms. The lowest BCUT2D eigenvalue weighted by atomic mass is 10.00. The lowest BCUT2D eigenvalue weighted by molar-refractivity contribution is -0.110. The van der Waals surface area contributed by atoms with E-state index in [1.807, 2.05) is 48.5 Å². The van der Waals surface area contributed by atoms with Crippen LogP contribution in [0.4, 0.5) is 17.1 Å². The molecule has 1 aliphatic heterocycles. The molecule has 0 aliphatic carbocycles. The highest BCUT2D eigenvalue weighted by atomic mass is 32.2.